The molecule has 1 atom stereocenters. The molecule has 1 amide bonds. The summed E-state index contributed by atoms with van der Waals surface area (Å²) in [6.45, 7) is 3.56. The van der Waals surface area contributed by atoms with Crippen molar-refractivity contribution in [1.82, 2.24) is 9.55 Å². The van der Waals surface area contributed by atoms with Gasteiger partial charge in [-0.25, -0.2) is 9.78 Å². The summed E-state index contributed by atoms with van der Waals surface area (Å²) in [5, 5.41) is 6.54. The maximum absolute atomic E-state index is 13.5. The Kier molecular flexibility index (Phi) is 6.81. The lowest BCUT2D eigenvalue weighted by Gasteiger charge is -2.20. The van der Waals surface area contributed by atoms with Gasteiger partial charge in [-0.15, -0.1) is 11.3 Å². The first-order chi connectivity index (χ1) is 16.3. The Bertz CT molecular complexity index is 1440. The quantitative estimate of drug-likeness (QED) is 0.371. The van der Waals surface area contributed by atoms with E-state index in [1.807, 2.05) is 12.3 Å². The zero-order chi connectivity index (χ0) is 24.4. The summed E-state index contributed by atoms with van der Waals surface area (Å²) in [7, 11) is 1.52. The van der Waals surface area contributed by atoms with Crippen LogP contribution in [0.2, 0.25) is 5.02 Å². The van der Waals surface area contributed by atoms with E-state index < -0.39 is 18.0 Å². The van der Waals surface area contributed by atoms with Crippen molar-refractivity contribution >= 4 is 50.7 Å². The number of ether oxygens (including phenoxy) is 1. The monoisotopic (exact) mass is 495 g/mol. The lowest BCUT2D eigenvalue weighted by Crippen LogP contribution is -2.34. The van der Waals surface area contributed by atoms with Crippen molar-refractivity contribution in [3.8, 4) is 11.1 Å². The largest absolute Gasteiger partial charge is 0.448 e. The van der Waals surface area contributed by atoms with Gasteiger partial charge in [0.15, 0.2) is 11.2 Å². The summed E-state index contributed by atoms with van der Waals surface area (Å²) < 4.78 is 6.90. The van der Waals surface area contributed by atoms with Crippen molar-refractivity contribution in [3.63, 3.8) is 0 Å². The predicted octanol–water partition coefficient (Wildman–Crippen LogP) is 5.20. The molecule has 0 saturated carbocycles. The van der Waals surface area contributed by atoms with Gasteiger partial charge < -0.3 is 9.30 Å². The maximum Gasteiger partial charge on any atom is 0.356 e. The van der Waals surface area contributed by atoms with E-state index in [9.17, 15) is 14.4 Å². The number of anilines is 1. The van der Waals surface area contributed by atoms with E-state index in [-0.39, 0.29) is 17.7 Å². The first-order valence-corrected chi connectivity index (χ1v) is 11.9. The van der Waals surface area contributed by atoms with Crippen molar-refractivity contribution in [1.29, 1.82) is 0 Å². The number of hydrogen-bond donors (Lipinski definition) is 1. The van der Waals surface area contributed by atoms with Crippen molar-refractivity contribution in [2.24, 2.45) is 7.05 Å². The van der Waals surface area contributed by atoms with Crippen LogP contribution in [0.1, 0.15) is 29.5 Å². The van der Waals surface area contributed by atoms with E-state index in [4.69, 9.17) is 16.3 Å². The average molecular weight is 496 g/mol. The van der Waals surface area contributed by atoms with Crippen LogP contribution in [0.3, 0.4) is 0 Å². The van der Waals surface area contributed by atoms with E-state index in [2.05, 4.69) is 10.3 Å². The third-order valence-corrected chi connectivity index (χ3v) is 6.52. The van der Waals surface area contributed by atoms with Gasteiger partial charge in [-0.05, 0) is 42.5 Å². The summed E-state index contributed by atoms with van der Waals surface area (Å²) >= 11 is 7.36. The maximum atomic E-state index is 13.5. The van der Waals surface area contributed by atoms with Crippen molar-refractivity contribution < 1.29 is 14.3 Å². The van der Waals surface area contributed by atoms with Gasteiger partial charge >= 0.3 is 5.97 Å². The number of nitrogens with zero attached hydrogens (tertiary/aromatic N) is 2. The molecule has 0 radical (unpaired) electrons. The van der Waals surface area contributed by atoms with Crippen molar-refractivity contribution in [3.05, 3.63) is 80.7 Å². The molecule has 2 heterocycles. The molecule has 0 aliphatic rings. The lowest BCUT2D eigenvalue weighted by atomic mass is 9.96. The summed E-state index contributed by atoms with van der Waals surface area (Å²) in [6.07, 6.45) is -0.809. The number of fused-ring (bicyclic) bond motifs is 1. The number of halogens is 1. The molecule has 0 spiro atoms. The predicted molar refractivity (Wildman–Crippen MR) is 135 cm³/mol. The zero-order valence-corrected chi connectivity index (χ0v) is 20.4. The summed E-state index contributed by atoms with van der Waals surface area (Å²) in [4.78, 5) is 43.5. The number of nitrogens with one attached hydrogen (secondary N) is 1. The molecule has 7 nitrogen and oxygen atoms in total. The number of hydrogen-bond acceptors (Lipinski definition) is 6. The van der Waals surface area contributed by atoms with E-state index in [0.717, 1.165) is 5.69 Å². The van der Waals surface area contributed by atoms with Gasteiger partial charge in [0.2, 0.25) is 0 Å². The molecule has 0 saturated heterocycles. The number of benzene rings is 2. The van der Waals surface area contributed by atoms with Gasteiger partial charge in [-0.3, -0.25) is 14.9 Å². The SMILES string of the molecule is CCC(OC(=O)c1c(-c2ccc(Cl)cc2)c2ccccc2c(=O)n1C)C(=O)Nc1nc(C)cs1. The first kappa shape index (κ1) is 23.7. The van der Waals surface area contributed by atoms with E-state index in [1.54, 1.807) is 55.5 Å². The van der Waals surface area contributed by atoms with Crippen LogP contribution in [-0.2, 0) is 16.6 Å². The molecule has 1 unspecified atom stereocenters. The highest BCUT2D eigenvalue weighted by molar-refractivity contribution is 7.13. The zero-order valence-electron chi connectivity index (χ0n) is 18.8. The molecule has 0 bridgehead atoms. The third kappa shape index (κ3) is 4.60. The number of rotatable bonds is 6. The highest BCUT2D eigenvalue weighted by Crippen LogP contribution is 2.32. The Morgan fingerprint density at radius 2 is 1.82 bits per heavy atom. The van der Waals surface area contributed by atoms with Crippen LogP contribution in [0.5, 0.6) is 0 Å². The van der Waals surface area contributed by atoms with Crippen LogP contribution in [-0.4, -0.2) is 27.5 Å². The molecular formula is C25H22ClN3O4S. The minimum atomic E-state index is -1.06. The molecule has 0 fully saturated rings. The van der Waals surface area contributed by atoms with Crippen molar-refractivity contribution in [2.75, 3.05) is 5.32 Å². The highest BCUT2D eigenvalue weighted by Gasteiger charge is 2.28. The second-order valence-corrected chi connectivity index (χ2v) is 9.02. The fourth-order valence-corrected chi connectivity index (χ4v) is 4.53. The summed E-state index contributed by atoms with van der Waals surface area (Å²) in [6, 6.07) is 14.0. The number of amides is 1. The molecule has 1 N–H and O–H groups in total. The van der Waals surface area contributed by atoms with Gasteiger partial charge in [0, 0.05) is 28.4 Å². The highest BCUT2D eigenvalue weighted by atomic mass is 35.5. The molecule has 174 valence electrons. The number of pyridine rings is 1. The second-order valence-electron chi connectivity index (χ2n) is 7.73. The number of carbonyl (C=O) groups excluding carboxylic acids is 2. The van der Waals surface area contributed by atoms with Crippen LogP contribution in [0.25, 0.3) is 21.9 Å². The van der Waals surface area contributed by atoms with Crippen molar-refractivity contribution in [2.45, 2.75) is 26.4 Å². The van der Waals surface area contributed by atoms with Gasteiger partial charge in [-0.1, -0.05) is 48.9 Å². The molecule has 34 heavy (non-hydrogen) atoms. The Balaban J connectivity index is 1.78. The Labute approximate surface area is 205 Å². The molecule has 0 aliphatic heterocycles. The van der Waals surface area contributed by atoms with Gasteiger partial charge in [-0.2, -0.15) is 0 Å². The van der Waals surface area contributed by atoms with Crippen LogP contribution in [0.4, 0.5) is 5.13 Å². The number of aromatic nitrogens is 2. The Hall–Kier alpha value is -3.49. The topological polar surface area (TPSA) is 90.3 Å². The number of carbonyl (C=O) groups is 2. The van der Waals surface area contributed by atoms with Crippen LogP contribution >= 0.6 is 22.9 Å². The Morgan fingerprint density at radius 1 is 1.15 bits per heavy atom. The molecule has 4 aromatic rings. The summed E-state index contributed by atoms with van der Waals surface area (Å²) in [5.74, 6) is -1.25. The Morgan fingerprint density at radius 3 is 2.44 bits per heavy atom. The number of aryl methyl sites for hydroxylation is 1. The van der Waals surface area contributed by atoms with Crippen LogP contribution in [0, 0.1) is 6.92 Å². The number of thiazole rings is 1. The summed E-state index contributed by atoms with van der Waals surface area (Å²) in [5.41, 5.74) is 1.73. The molecular weight excluding hydrogens is 474 g/mol. The number of esters is 1. The minimum Gasteiger partial charge on any atom is -0.448 e. The standard InChI is InChI=1S/C25H22ClN3O4S/c1-4-19(22(30)28-25-27-14(2)13-34-25)33-24(32)21-20(15-9-11-16(26)12-10-15)17-7-5-6-8-18(17)23(31)29(21)3/h5-13,19H,4H2,1-3H3,(H,27,28,30). The van der Waals surface area contributed by atoms with E-state index in [0.29, 0.717) is 32.1 Å². The smallest absolute Gasteiger partial charge is 0.356 e. The minimum absolute atomic E-state index is 0.0577. The lowest BCUT2D eigenvalue weighted by molar-refractivity contribution is -0.124. The fraction of sp³-hybridized carbons (Fsp3) is 0.200. The molecule has 0 aliphatic carbocycles. The first-order valence-electron chi connectivity index (χ1n) is 10.6. The van der Waals surface area contributed by atoms with Crippen LogP contribution < -0.4 is 10.9 Å². The third-order valence-electron chi connectivity index (χ3n) is 5.39. The van der Waals surface area contributed by atoms with Gasteiger partial charge in [0.05, 0.1) is 5.69 Å². The molecule has 4 rings (SSSR count). The van der Waals surface area contributed by atoms with Gasteiger partial charge in [0.25, 0.3) is 11.5 Å². The van der Waals surface area contributed by atoms with E-state index in [1.165, 1.54) is 23.0 Å². The fourth-order valence-electron chi connectivity index (χ4n) is 3.72. The molecule has 2 aromatic carbocycles. The van der Waals surface area contributed by atoms with Crippen LogP contribution in [0.15, 0.2) is 58.7 Å². The second kappa shape index (κ2) is 9.79. The average Bonchev–Trinajstić information content (AvgIpc) is 3.24. The molecule has 2 aromatic heterocycles. The molecule has 9 heteroatoms. The normalized spacial score (nSPS) is 11.9. The van der Waals surface area contributed by atoms with E-state index >= 15 is 0 Å². The van der Waals surface area contributed by atoms with Gasteiger partial charge in [0.1, 0.15) is 5.69 Å².